The van der Waals surface area contributed by atoms with Gasteiger partial charge >= 0.3 is 5.69 Å². The maximum absolute atomic E-state index is 14.5. The molecule has 68 heavy (non-hydrogen) atoms. The van der Waals surface area contributed by atoms with Gasteiger partial charge in [-0.25, -0.2) is 4.79 Å². The summed E-state index contributed by atoms with van der Waals surface area (Å²) >= 11 is 0. The van der Waals surface area contributed by atoms with Crippen molar-refractivity contribution in [1.29, 1.82) is 0 Å². The number of unbranched alkanes of at least 4 members (excludes halogenated alkanes) is 36. The fraction of sp³-hybridized carbons (Fsp3) is 0.877. The number of hydrogen-bond acceptors (Lipinski definition) is 9. The number of ether oxygens (including phenoxy) is 1. The first kappa shape index (κ1) is 61.6. The van der Waals surface area contributed by atoms with Crippen LogP contribution in [-0.2, 0) is 19.1 Å². The van der Waals surface area contributed by atoms with Crippen LogP contribution in [0.15, 0.2) is 21.9 Å². The molecule has 0 spiro atoms. The Balaban J connectivity index is 2.14. The largest absolute Gasteiger partial charge is 0.385 e. The number of aromatic nitrogens is 2. The van der Waals surface area contributed by atoms with Crippen molar-refractivity contribution >= 4 is 17.3 Å². The molecule has 0 amide bonds. The normalized spacial score (nSPS) is 19.7. The average molecular weight is 959 g/mol. The second kappa shape index (κ2) is 38.2. The second-order valence-electron chi connectivity index (χ2n) is 20.7. The van der Waals surface area contributed by atoms with Crippen molar-refractivity contribution in [2.75, 3.05) is 0 Å². The lowest BCUT2D eigenvalue weighted by Crippen LogP contribution is -2.68. The van der Waals surface area contributed by atoms with Gasteiger partial charge in [0.25, 0.3) is 5.56 Å². The molecule has 5 atom stereocenters. The quantitative estimate of drug-likeness (QED) is 0.0463. The van der Waals surface area contributed by atoms with Crippen LogP contribution < -0.4 is 11.2 Å². The Morgan fingerprint density at radius 3 is 1.16 bits per heavy atom. The van der Waals surface area contributed by atoms with Crippen molar-refractivity contribution < 1.29 is 34.4 Å². The molecule has 4 N–H and O–H groups in total. The molecular formula is C57H102N2O9. The van der Waals surface area contributed by atoms with E-state index in [0.717, 1.165) is 93.9 Å². The average Bonchev–Trinajstić information content (AvgIpc) is 3.57. The van der Waals surface area contributed by atoms with Gasteiger partial charge in [-0.2, -0.15) is 0 Å². The van der Waals surface area contributed by atoms with Crippen molar-refractivity contribution in [3.8, 4) is 0 Å². The summed E-state index contributed by atoms with van der Waals surface area (Å²) in [4.78, 5) is 70.8. The molecule has 1 aliphatic heterocycles. The summed E-state index contributed by atoms with van der Waals surface area (Å²) in [6.07, 6.45) is 37.6. The van der Waals surface area contributed by atoms with Gasteiger partial charge in [0.15, 0.2) is 35.3 Å². The first-order valence-corrected chi connectivity index (χ1v) is 28.7. The Morgan fingerprint density at radius 1 is 0.515 bits per heavy atom. The van der Waals surface area contributed by atoms with E-state index >= 15 is 0 Å². The van der Waals surface area contributed by atoms with Crippen LogP contribution in [0.3, 0.4) is 0 Å². The van der Waals surface area contributed by atoms with Crippen LogP contribution in [0.4, 0.5) is 0 Å². The predicted molar refractivity (Wildman–Crippen MR) is 277 cm³/mol. The number of aliphatic hydroxyl groups excluding tert-OH is 1. The molecule has 11 heteroatoms. The highest BCUT2D eigenvalue weighted by Crippen LogP contribution is 2.49. The van der Waals surface area contributed by atoms with E-state index in [9.17, 15) is 39.3 Å². The van der Waals surface area contributed by atoms with Gasteiger partial charge in [-0.05, 0) is 19.3 Å². The van der Waals surface area contributed by atoms with Gasteiger partial charge in [0, 0.05) is 25.1 Å². The minimum Gasteiger partial charge on any atom is -0.385 e. The zero-order valence-corrected chi connectivity index (χ0v) is 43.8. The highest BCUT2D eigenvalue weighted by Gasteiger charge is 2.75. The molecule has 0 radical (unpaired) electrons. The number of hydrogen-bond donors (Lipinski definition) is 4. The van der Waals surface area contributed by atoms with E-state index in [-0.39, 0.29) is 19.3 Å². The maximum Gasteiger partial charge on any atom is 0.330 e. The van der Waals surface area contributed by atoms with Crippen LogP contribution in [-0.4, -0.2) is 65.6 Å². The van der Waals surface area contributed by atoms with E-state index in [2.05, 4.69) is 25.8 Å². The molecule has 0 aromatic carbocycles. The number of carbonyl (C=O) groups is 3. The fourth-order valence-corrected chi connectivity index (χ4v) is 10.2. The third-order valence-electron chi connectivity index (χ3n) is 14.7. The Kier molecular flexibility index (Phi) is 34.7. The molecule has 1 aromatic heterocycles. The fourth-order valence-electron chi connectivity index (χ4n) is 10.2. The van der Waals surface area contributed by atoms with Crippen molar-refractivity contribution in [1.82, 2.24) is 9.55 Å². The molecule has 1 fully saturated rings. The highest BCUT2D eigenvalue weighted by atomic mass is 16.6. The van der Waals surface area contributed by atoms with Crippen LogP contribution in [0.5, 0.6) is 0 Å². The predicted octanol–water partition coefficient (Wildman–Crippen LogP) is 13.4. The minimum atomic E-state index is -3.09. The summed E-state index contributed by atoms with van der Waals surface area (Å²) in [5.41, 5.74) is -7.93. The summed E-state index contributed by atoms with van der Waals surface area (Å²) in [7, 11) is 0. The highest BCUT2D eigenvalue weighted by molar-refractivity contribution is 6.06. The Hall–Kier alpha value is -2.47. The van der Waals surface area contributed by atoms with Gasteiger partial charge in [0.05, 0.1) is 0 Å². The zero-order chi connectivity index (χ0) is 49.7. The van der Waals surface area contributed by atoms with Crippen LogP contribution in [0.25, 0.3) is 0 Å². The van der Waals surface area contributed by atoms with Gasteiger partial charge in [-0.1, -0.05) is 258 Å². The van der Waals surface area contributed by atoms with Crippen LogP contribution >= 0.6 is 0 Å². The summed E-state index contributed by atoms with van der Waals surface area (Å²) in [5.74, 6) is -2.88. The summed E-state index contributed by atoms with van der Waals surface area (Å²) in [5, 5.41) is 36.8. The molecule has 11 nitrogen and oxygen atoms in total. The standard InChI is InChI=1S/C57H102N2O9/c1-4-7-10-13-16-19-22-25-28-31-34-37-40-43-48(60)52(64)53-56(66,49(61)44-41-38-35-32-29-26-23-20-17-14-11-8-5-2)57(67,54(68-53)59-47-46-51(63)58-55(59)65)50(62)45-42-39-36-33-30-27-24-21-18-15-12-9-6-3/h46-48,53-54,60,66-67H,4-45H2,1-3H3,(H,58,63,65)/t48?,53-,54-,56-,57+/m1/s1. The molecule has 1 aromatic rings. The molecular weight excluding hydrogens is 857 g/mol. The summed E-state index contributed by atoms with van der Waals surface area (Å²) in [6.45, 7) is 6.68. The van der Waals surface area contributed by atoms with Gasteiger partial charge in [-0.3, -0.25) is 28.7 Å². The number of ketones is 3. The third kappa shape index (κ3) is 22.7. The molecule has 0 saturated carbocycles. The van der Waals surface area contributed by atoms with Gasteiger partial charge < -0.3 is 20.1 Å². The smallest absolute Gasteiger partial charge is 0.330 e. The zero-order valence-electron chi connectivity index (χ0n) is 43.8. The number of carbonyl (C=O) groups excluding carboxylic acids is 3. The van der Waals surface area contributed by atoms with E-state index in [1.165, 1.54) is 141 Å². The minimum absolute atomic E-state index is 0.0498. The van der Waals surface area contributed by atoms with Crippen molar-refractivity contribution in [3.63, 3.8) is 0 Å². The Bertz CT molecular complexity index is 1580. The molecule has 2 rings (SSSR count). The van der Waals surface area contributed by atoms with Crippen LogP contribution in [0, 0.1) is 0 Å². The molecule has 1 unspecified atom stereocenters. The van der Waals surface area contributed by atoms with Gasteiger partial charge in [0.2, 0.25) is 5.60 Å². The van der Waals surface area contributed by atoms with E-state index in [1.54, 1.807) is 0 Å². The lowest BCUT2D eigenvalue weighted by molar-refractivity contribution is -0.185. The van der Waals surface area contributed by atoms with E-state index in [0.29, 0.717) is 32.1 Å². The molecule has 1 saturated heterocycles. The van der Waals surface area contributed by atoms with Gasteiger partial charge in [0.1, 0.15) is 6.10 Å². The molecule has 2 heterocycles. The molecule has 0 aliphatic carbocycles. The Morgan fingerprint density at radius 2 is 0.824 bits per heavy atom. The van der Waals surface area contributed by atoms with Crippen LogP contribution in [0.1, 0.15) is 297 Å². The number of aliphatic hydroxyl groups is 3. The molecule has 1 aliphatic rings. The number of Topliss-reactive ketones (excluding diaryl/α,β-unsaturated/α-hetero) is 3. The Labute approximate surface area is 413 Å². The van der Waals surface area contributed by atoms with Gasteiger partial charge in [-0.15, -0.1) is 0 Å². The number of rotatable bonds is 47. The molecule has 394 valence electrons. The summed E-state index contributed by atoms with van der Waals surface area (Å²) < 4.78 is 6.83. The topological polar surface area (TPSA) is 176 Å². The summed E-state index contributed by atoms with van der Waals surface area (Å²) in [6, 6.07) is 1.01. The third-order valence-corrected chi connectivity index (χ3v) is 14.7. The number of H-pyrrole nitrogens is 1. The number of aromatic amines is 1. The lowest BCUT2D eigenvalue weighted by Gasteiger charge is -2.38. The van der Waals surface area contributed by atoms with E-state index in [1.807, 2.05) is 0 Å². The lowest BCUT2D eigenvalue weighted by atomic mass is 9.70. The first-order valence-electron chi connectivity index (χ1n) is 28.7. The number of nitrogens with one attached hydrogen (secondary N) is 1. The van der Waals surface area contributed by atoms with Crippen LogP contribution in [0.2, 0.25) is 0 Å². The SMILES string of the molecule is CCCCCCCCCCCCCCCC(=O)[C@@]1(O)[C@@H](C(=O)C(O)CCCCCCCCCCCCCCC)O[C@@H](n2ccc(=O)[nH]c2=O)[C@@]1(O)C(=O)CCCCCCCCCCCCCCC. The monoisotopic (exact) mass is 959 g/mol. The second-order valence-corrected chi connectivity index (χ2v) is 20.7. The van der Waals surface area contributed by atoms with Crippen molar-refractivity contribution in [3.05, 3.63) is 33.1 Å². The van der Waals surface area contributed by atoms with E-state index < -0.39 is 58.2 Å². The van der Waals surface area contributed by atoms with E-state index in [4.69, 9.17) is 4.74 Å². The first-order chi connectivity index (χ1) is 33.0. The maximum atomic E-state index is 14.5. The van der Waals surface area contributed by atoms with Crippen molar-refractivity contribution in [2.24, 2.45) is 0 Å². The number of nitrogens with zero attached hydrogens (tertiary/aromatic N) is 1. The van der Waals surface area contributed by atoms with Crippen molar-refractivity contribution in [2.45, 2.75) is 320 Å². The molecule has 0 bridgehead atoms.